The molecule has 0 heterocycles. The van der Waals surface area contributed by atoms with Gasteiger partial charge < -0.3 is 4.74 Å². The summed E-state index contributed by atoms with van der Waals surface area (Å²) in [6.07, 6.45) is -0.0661. The number of halogens is 1. The minimum absolute atomic E-state index is 0.0661. The van der Waals surface area contributed by atoms with E-state index in [2.05, 4.69) is 0 Å². The zero-order valence-corrected chi connectivity index (χ0v) is 11.5. The number of ketones is 1. The van der Waals surface area contributed by atoms with E-state index in [9.17, 15) is 9.59 Å². The maximum Gasteiger partial charge on any atom is 0.310 e. The first kappa shape index (κ1) is 15.2. The lowest BCUT2D eigenvalue weighted by atomic mass is 9.95. The summed E-state index contributed by atoms with van der Waals surface area (Å²) < 4.78 is 4.86. The Bertz CT molecular complexity index is 534. The fourth-order valence-corrected chi connectivity index (χ4v) is 1.92. The van der Waals surface area contributed by atoms with Gasteiger partial charge in [-0.3, -0.25) is 9.59 Å². The second kappa shape index (κ2) is 6.91. The molecule has 0 aromatic heterocycles. The normalized spacial score (nSPS) is 11.5. The molecular formula is C14H14ClNO3. The topological polar surface area (TPSA) is 67.2 Å². The largest absolute Gasteiger partial charge is 0.466 e. The number of ether oxygens (including phenoxy) is 1. The highest BCUT2D eigenvalue weighted by molar-refractivity contribution is 6.31. The smallest absolute Gasteiger partial charge is 0.310 e. The Labute approximate surface area is 116 Å². The number of nitriles is 1. The van der Waals surface area contributed by atoms with Gasteiger partial charge in [0.05, 0.1) is 24.7 Å². The molecule has 100 valence electrons. The molecule has 0 aliphatic rings. The summed E-state index contributed by atoms with van der Waals surface area (Å²) in [5.41, 5.74) is 1.28. The highest BCUT2D eigenvalue weighted by Gasteiger charge is 2.21. The van der Waals surface area contributed by atoms with Crippen LogP contribution in [0.15, 0.2) is 18.2 Å². The molecule has 0 N–H and O–H groups in total. The summed E-state index contributed by atoms with van der Waals surface area (Å²) in [6, 6.07) is 6.87. The highest BCUT2D eigenvalue weighted by atomic mass is 35.5. The Balaban J connectivity index is 3.21. The van der Waals surface area contributed by atoms with Gasteiger partial charge in [0.25, 0.3) is 0 Å². The van der Waals surface area contributed by atoms with Crippen LogP contribution in [0, 0.1) is 11.3 Å². The molecule has 1 atom stereocenters. The third kappa shape index (κ3) is 3.80. The van der Waals surface area contributed by atoms with Gasteiger partial charge in [-0.25, -0.2) is 0 Å². The standard InChI is InChI=1S/C14H14ClNO3/c1-3-19-13(18)7-12-10(8-16)5-4-6-11(12)14(15)9(2)17/h4-6,14H,3,7H2,1-2H3. The van der Waals surface area contributed by atoms with Gasteiger partial charge in [0.1, 0.15) is 5.38 Å². The lowest BCUT2D eigenvalue weighted by Crippen LogP contribution is -2.13. The summed E-state index contributed by atoms with van der Waals surface area (Å²) in [6.45, 7) is 3.33. The van der Waals surface area contributed by atoms with E-state index in [1.165, 1.54) is 6.92 Å². The fourth-order valence-electron chi connectivity index (χ4n) is 1.72. The van der Waals surface area contributed by atoms with Gasteiger partial charge in [-0.05, 0) is 31.0 Å². The molecule has 0 spiro atoms. The molecule has 5 heteroatoms. The molecule has 1 unspecified atom stereocenters. The van der Waals surface area contributed by atoms with E-state index in [0.717, 1.165) is 0 Å². The molecular weight excluding hydrogens is 266 g/mol. The van der Waals surface area contributed by atoms with Gasteiger partial charge in [0.2, 0.25) is 0 Å². The lowest BCUT2D eigenvalue weighted by Gasteiger charge is -2.13. The number of benzene rings is 1. The summed E-state index contributed by atoms with van der Waals surface area (Å²) in [5.74, 6) is -0.680. The van der Waals surface area contributed by atoms with Gasteiger partial charge >= 0.3 is 5.97 Å². The number of alkyl halides is 1. The Kier molecular flexibility index (Phi) is 5.53. The van der Waals surface area contributed by atoms with E-state index in [1.54, 1.807) is 25.1 Å². The third-order valence-corrected chi connectivity index (χ3v) is 3.13. The quantitative estimate of drug-likeness (QED) is 0.613. The molecule has 1 aromatic carbocycles. The predicted octanol–water partition coefficient (Wildman–Crippen LogP) is 2.53. The van der Waals surface area contributed by atoms with Crippen molar-refractivity contribution in [3.63, 3.8) is 0 Å². The van der Waals surface area contributed by atoms with Crippen LogP contribution in [0.1, 0.15) is 35.9 Å². The van der Waals surface area contributed by atoms with Gasteiger partial charge in [0, 0.05) is 0 Å². The van der Waals surface area contributed by atoms with Crippen LogP contribution in [0.3, 0.4) is 0 Å². The number of nitrogens with zero attached hydrogens (tertiary/aromatic N) is 1. The third-order valence-electron chi connectivity index (χ3n) is 2.59. The van der Waals surface area contributed by atoms with Gasteiger partial charge in [-0.15, -0.1) is 11.6 Å². The second-order valence-corrected chi connectivity index (χ2v) is 4.38. The predicted molar refractivity (Wildman–Crippen MR) is 70.8 cm³/mol. The minimum atomic E-state index is -0.863. The van der Waals surface area contributed by atoms with E-state index >= 15 is 0 Å². The van der Waals surface area contributed by atoms with E-state index in [-0.39, 0.29) is 18.8 Å². The zero-order chi connectivity index (χ0) is 14.4. The number of hydrogen-bond acceptors (Lipinski definition) is 4. The Morgan fingerprint density at radius 3 is 2.68 bits per heavy atom. The van der Waals surface area contributed by atoms with Crippen molar-refractivity contribution in [1.29, 1.82) is 5.26 Å². The van der Waals surface area contributed by atoms with Crippen molar-refractivity contribution < 1.29 is 14.3 Å². The maximum absolute atomic E-state index is 11.6. The summed E-state index contributed by atoms with van der Waals surface area (Å²) in [7, 11) is 0. The SMILES string of the molecule is CCOC(=O)Cc1c(C#N)cccc1C(Cl)C(C)=O. The number of Topliss-reactive ketones (excluding diaryl/α,β-unsaturated/α-hetero) is 1. The van der Waals surface area contributed by atoms with Crippen LogP contribution >= 0.6 is 11.6 Å². The van der Waals surface area contributed by atoms with Gasteiger partial charge in [-0.2, -0.15) is 5.26 Å². The molecule has 0 amide bonds. The number of esters is 1. The highest BCUT2D eigenvalue weighted by Crippen LogP contribution is 2.27. The van der Waals surface area contributed by atoms with Crippen LogP contribution in [-0.2, 0) is 20.7 Å². The van der Waals surface area contributed by atoms with Crippen LogP contribution in [0.4, 0.5) is 0 Å². The van der Waals surface area contributed by atoms with Crippen molar-refractivity contribution in [2.24, 2.45) is 0 Å². The van der Waals surface area contributed by atoms with Gasteiger partial charge in [-0.1, -0.05) is 12.1 Å². The molecule has 0 saturated carbocycles. The van der Waals surface area contributed by atoms with Crippen molar-refractivity contribution >= 4 is 23.4 Å². The van der Waals surface area contributed by atoms with Crippen LogP contribution < -0.4 is 0 Å². The maximum atomic E-state index is 11.6. The molecule has 0 fully saturated rings. The Morgan fingerprint density at radius 1 is 1.47 bits per heavy atom. The molecule has 0 bridgehead atoms. The molecule has 0 aliphatic heterocycles. The van der Waals surface area contributed by atoms with Crippen LogP contribution in [0.25, 0.3) is 0 Å². The molecule has 1 rings (SSSR count). The number of hydrogen-bond donors (Lipinski definition) is 0. The van der Waals surface area contributed by atoms with E-state index in [0.29, 0.717) is 16.7 Å². The molecule has 0 saturated heterocycles. The second-order valence-electron chi connectivity index (χ2n) is 3.94. The molecule has 0 radical (unpaired) electrons. The van der Waals surface area contributed by atoms with Crippen molar-refractivity contribution in [3.05, 3.63) is 34.9 Å². The summed E-state index contributed by atoms with van der Waals surface area (Å²) in [5, 5.41) is 8.21. The lowest BCUT2D eigenvalue weighted by molar-refractivity contribution is -0.142. The van der Waals surface area contributed by atoms with Crippen LogP contribution in [0.5, 0.6) is 0 Å². The Morgan fingerprint density at radius 2 is 2.16 bits per heavy atom. The minimum Gasteiger partial charge on any atom is -0.466 e. The van der Waals surface area contributed by atoms with E-state index in [1.807, 2.05) is 6.07 Å². The summed E-state index contributed by atoms with van der Waals surface area (Å²) >= 11 is 6.02. The van der Waals surface area contributed by atoms with Crippen LogP contribution in [0.2, 0.25) is 0 Å². The number of carbonyl (C=O) groups excluding carboxylic acids is 2. The molecule has 4 nitrogen and oxygen atoms in total. The van der Waals surface area contributed by atoms with E-state index < -0.39 is 11.3 Å². The zero-order valence-electron chi connectivity index (χ0n) is 10.8. The molecule has 19 heavy (non-hydrogen) atoms. The average Bonchev–Trinajstić information content (AvgIpc) is 2.38. The van der Waals surface area contributed by atoms with Crippen molar-refractivity contribution in [3.8, 4) is 6.07 Å². The fraction of sp³-hybridized carbons (Fsp3) is 0.357. The molecule has 1 aromatic rings. The van der Waals surface area contributed by atoms with Crippen molar-refractivity contribution in [2.45, 2.75) is 25.6 Å². The first-order valence-electron chi connectivity index (χ1n) is 5.83. The van der Waals surface area contributed by atoms with Crippen molar-refractivity contribution in [1.82, 2.24) is 0 Å². The average molecular weight is 280 g/mol. The van der Waals surface area contributed by atoms with E-state index in [4.69, 9.17) is 21.6 Å². The summed E-state index contributed by atoms with van der Waals surface area (Å²) in [4.78, 5) is 22.9. The first-order chi connectivity index (χ1) is 9.01. The number of rotatable bonds is 5. The molecule has 0 aliphatic carbocycles. The van der Waals surface area contributed by atoms with Crippen molar-refractivity contribution in [2.75, 3.05) is 6.61 Å². The first-order valence-corrected chi connectivity index (χ1v) is 6.26. The van der Waals surface area contributed by atoms with Crippen LogP contribution in [-0.4, -0.2) is 18.4 Å². The monoisotopic (exact) mass is 279 g/mol. The Hall–Kier alpha value is -1.86. The number of carbonyl (C=O) groups is 2. The van der Waals surface area contributed by atoms with Gasteiger partial charge in [0.15, 0.2) is 5.78 Å².